The average Bonchev–Trinajstić information content (AvgIpc) is 3.62. The molecule has 1 atom stereocenters. The SMILES string of the molecule is C[C@H]1CN(Cc2cc(F)c(C(=O)OC(C)(C)C)cc2C2CC2)CCN1C(=O)OCc1ccccc1. The first-order valence-electron chi connectivity index (χ1n) is 12.4. The Morgan fingerprint density at radius 3 is 2.43 bits per heavy atom. The third-order valence-corrected chi connectivity index (χ3v) is 6.41. The zero-order chi connectivity index (χ0) is 25.2. The number of esters is 1. The summed E-state index contributed by atoms with van der Waals surface area (Å²) in [6.07, 6.45) is 1.78. The van der Waals surface area contributed by atoms with E-state index in [9.17, 15) is 14.0 Å². The lowest BCUT2D eigenvalue weighted by molar-refractivity contribution is 0.00644. The number of hydrogen-bond donors (Lipinski definition) is 0. The van der Waals surface area contributed by atoms with Crippen LogP contribution in [0.3, 0.4) is 0 Å². The van der Waals surface area contributed by atoms with Gasteiger partial charge in [0.15, 0.2) is 0 Å². The second kappa shape index (κ2) is 10.4. The highest BCUT2D eigenvalue weighted by Crippen LogP contribution is 2.43. The van der Waals surface area contributed by atoms with Gasteiger partial charge in [0.1, 0.15) is 18.0 Å². The van der Waals surface area contributed by atoms with Crippen molar-refractivity contribution in [2.24, 2.45) is 0 Å². The van der Waals surface area contributed by atoms with Crippen LogP contribution in [0.2, 0.25) is 0 Å². The Labute approximate surface area is 207 Å². The lowest BCUT2D eigenvalue weighted by Crippen LogP contribution is -2.53. The first-order chi connectivity index (χ1) is 16.6. The molecule has 0 spiro atoms. The Morgan fingerprint density at radius 1 is 1.09 bits per heavy atom. The summed E-state index contributed by atoms with van der Waals surface area (Å²) in [6, 6.07) is 12.8. The number of hydrogen-bond acceptors (Lipinski definition) is 5. The smallest absolute Gasteiger partial charge is 0.410 e. The standard InChI is InChI=1S/C28H35FN2O4/c1-19-16-30(12-13-31(19)27(33)34-18-20-8-6-5-7-9-20)17-22-14-25(29)24(15-23(22)21-10-11-21)26(32)35-28(2,3)4/h5-9,14-15,19,21H,10-13,16-18H2,1-4H3/t19-/m0/s1. The van der Waals surface area contributed by atoms with Crippen LogP contribution in [0.5, 0.6) is 0 Å². The van der Waals surface area contributed by atoms with Crippen LogP contribution in [0, 0.1) is 5.82 Å². The molecule has 35 heavy (non-hydrogen) atoms. The van der Waals surface area contributed by atoms with Crippen LogP contribution in [0.25, 0.3) is 0 Å². The van der Waals surface area contributed by atoms with Gasteiger partial charge in [-0.15, -0.1) is 0 Å². The molecule has 2 fully saturated rings. The van der Waals surface area contributed by atoms with Crippen LogP contribution in [0.1, 0.15) is 73.5 Å². The van der Waals surface area contributed by atoms with E-state index in [1.807, 2.05) is 37.3 Å². The van der Waals surface area contributed by atoms with Gasteiger partial charge >= 0.3 is 12.1 Å². The van der Waals surface area contributed by atoms with E-state index in [4.69, 9.17) is 9.47 Å². The maximum absolute atomic E-state index is 15.0. The molecule has 0 N–H and O–H groups in total. The van der Waals surface area contributed by atoms with Crippen LogP contribution in [-0.2, 0) is 22.6 Å². The van der Waals surface area contributed by atoms with Crippen molar-refractivity contribution in [2.45, 2.75) is 71.2 Å². The lowest BCUT2D eigenvalue weighted by atomic mass is 9.98. The van der Waals surface area contributed by atoms with E-state index >= 15 is 0 Å². The first kappa shape index (κ1) is 25.2. The second-order valence-corrected chi connectivity index (χ2v) is 10.6. The van der Waals surface area contributed by atoms with Crippen molar-refractivity contribution in [3.8, 4) is 0 Å². The van der Waals surface area contributed by atoms with Crippen molar-refractivity contribution in [1.29, 1.82) is 0 Å². The predicted molar refractivity (Wildman–Crippen MR) is 132 cm³/mol. The Hall–Kier alpha value is -2.93. The molecule has 2 aliphatic rings. The van der Waals surface area contributed by atoms with Gasteiger partial charge < -0.3 is 14.4 Å². The monoisotopic (exact) mass is 482 g/mol. The topological polar surface area (TPSA) is 59.1 Å². The largest absolute Gasteiger partial charge is 0.456 e. The number of carbonyl (C=O) groups excluding carboxylic acids is 2. The number of halogens is 1. The number of piperazine rings is 1. The highest BCUT2D eigenvalue weighted by molar-refractivity contribution is 5.90. The fourth-order valence-electron chi connectivity index (χ4n) is 4.52. The van der Waals surface area contributed by atoms with Gasteiger partial charge in [0.25, 0.3) is 0 Å². The molecule has 1 amide bonds. The van der Waals surface area contributed by atoms with E-state index in [1.165, 1.54) is 6.07 Å². The maximum Gasteiger partial charge on any atom is 0.410 e. The third kappa shape index (κ3) is 6.60. The Morgan fingerprint density at radius 2 is 1.80 bits per heavy atom. The summed E-state index contributed by atoms with van der Waals surface area (Å²) in [6.45, 7) is 10.0. The van der Waals surface area contributed by atoms with Gasteiger partial charge in [-0.3, -0.25) is 4.90 Å². The fraction of sp³-hybridized carbons (Fsp3) is 0.500. The minimum absolute atomic E-state index is 0.00456. The number of amides is 1. The van der Waals surface area contributed by atoms with Gasteiger partial charge in [-0.05, 0) is 75.3 Å². The fourth-order valence-corrected chi connectivity index (χ4v) is 4.52. The summed E-state index contributed by atoms with van der Waals surface area (Å²) in [5.41, 5.74) is 2.22. The van der Waals surface area contributed by atoms with Crippen molar-refractivity contribution in [2.75, 3.05) is 19.6 Å². The van der Waals surface area contributed by atoms with Crippen molar-refractivity contribution in [3.63, 3.8) is 0 Å². The molecule has 4 rings (SSSR count). The minimum Gasteiger partial charge on any atom is -0.456 e. The van der Waals surface area contributed by atoms with E-state index in [2.05, 4.69) is 4.90 Å². The van der Waals surface area contributed by atoms with Crippen LogP contribution >= 0.6 is 0 Å². The molecule has 0 radical (unpaired) electrons. The Balaban J connectivity index is 1.39. The molecular formula is C28H35FN2O4. The minimum atomic E-state index is -0.681. The highest BCUT2D eigenvalue weighted by Gasteiger charge is 2.32. The average molecular weight is 483 g/mol. The number of ether oxygens (including phenoxy) is 2. The Kier molecular flexibility index (Phi) is 7.45. The lowest BCUT2D eigenvalue weighted by Gasteiger charge is -2.39. The van der Waals surface area contributed by atoms with Gasteiger partial charge in [0, 0.05) is 32.2 Å². The highest BCUT2D eigenvalue weighted by atomic mass is 19.1. The molecule has 2 aromatic carbocycles. The van der Waals surface area contributed by atoms with Gasteiger partial charge in [-0.25, -0.2) is 14.0 Å². The van der Waals surface area contributed by atoms with Gasteiger partial charge in [0.05, 0.1) is 5.56 Å². The van der Waals surface area contributed by atoms with Crippen LogP contribution < -0.4 is 0 Å². The molecule has 0 bridgehead atoms. The Bertz CT molecular complexity index is 1060. The second-order valence-electron chi connectivity index (χ2n) is 10.6. The van der Waals surface area contributed by atoms with Crippen molar-refractivity contribution < 1.29 is 23.5 Å². The van der Waals surface area contributed by atoms with E-state index in [1.54, 1.807) is 31.7 Å². The third-order valence-electron chi connectivity index (χ3n) is 6.41. The quantitative estimate of drug-likeness (QED) is 0.509. The molecule has 1 saturated carbocycles. The van der Waals surface area contributed by atoms with Gasteiger partial charge in [-0.2, -0.15) is 0 Å². The molecule has 1 aliphatic carbocycles. The predicted octanol–water partition coefficient (Wildman–Crippen LogP) is 5.50. The zero-order valence-electron chi connectivity index (χ0n) is 21.1. The van der Waals surface area contributed by atoms with Gasteiger partial charge in [-0.1, -0.05) is 30.3 Å². The summed E-state index contributed by atoms with van der Waals surface area (Å²) in [5.74, 6) is -0.812. The molecule has 1 aliphatic heterocycles. The zero-order valence-corrected chi connectivity index (χ0v) is 21.1. The van der Waals surface area contributed by atoms with Gasteiger partial charge in [0.2, 0.25) is 0 Å². The van der Waals surface area contributed by atoms with E-state index in [0.29, 0.717) is 32.1 Å². The summed E-state index contributed by atoms with van der Waals surface area (Å²) in [4.78, 5) is 29.2. The number of rotatable bonds is 6. The molecule has 0 unspecified atom stereocenters. The number of nitrogens with zero attached hydrogens (tertiary/aromatic N) is 2. The van der Waals surface area contributed by atoms with E-state index in [-0.39, 0.29) is 24.3 Å². The van der Waals surface area contributed by atoms with Crippen molar-refractivity contribution in [1.82, 2.24) is 9.80 Å². The number of benzene rings is 2. The van der Waals surface area contributed by atoms with E-state index in [0.717, 1.165) is 29.5 Å². The summed E-state index contributed by atoms with van der Waals surface area (Å²) >= 11 is 0. The van der Waals surface area contributed by atoms with Crippen molar-refractivity contribution >= 4 is 12.1 Å². The summed E-state index contributed by atoms with van der Waals surface area (Å²) in [7, 11) is 0. The normalized spacial score (nSPS) is 18.9. The van der Waals surface area contributed by atoms with E-state index < -0.39 is 17.4 Å². The number of carbonyl (C=O) groups is 2. The van der Waals surface area contributed by atoms with Crippen LogP contribution in [0.15, 0.2) is 42.5 Å². The molecule has 6 nitrogen and oxygen atoms in total. The van der Waals surface area contributed by atoms with Crippen LogP contribution in [-0.4, -0.2) is 53.1 Å². The molecule has 188 valence electrons. The molecule has 1 saturated heterocycles. The van der Waals surface area contributed by atoms with Crippen molar-refractivity contribution in [3.05, 3.63) is 70.5 Å². The molecule has 0 aromatic heterocycles. The first-order valence-corrected chi connectivity index (χ1v) is 12.4. The molecule has 2 aromatic rings. The maximum atomic E-state index is 15.0. The molecule has 1 heterocycles. The molecule has 7 heteroatoms. The molecular weight excluding hydrogens is 447 g/mol. The summed E-state index contributed by atoms with van der Waals surface area (Å²) in [5, 5.41) is 0. The van der Waals surface area contributed by atoms with Crippen LogP contribution in [0.4, 0.5) is 9.18 Å². The summed E-state index contributed by atoms with van der Waals surface area (Å²) < 4.78 is 25.9.